The zero-order valence-corrected chi connectivity index (χ0v) is 9.89. The minimum Gasteiger partial charge on any atom is -0.388 e. The molecule has 0 saturated heterocycles. The van der Waals surface area contributed by atoms with Crippen molar-refractivity contribution in [1.82, 2.24) is 9.55 Å². The molecular weight excluding hydrogens is 220 g/mol. The molecular formula is C12H14N2OS. The summed E-state index contributed by atoms with van der Waals surface area (Å²) < 4.78 is 1.95. The number of imidazole rings is 1. The molecule has 2 rings (SSSR count). The van der Waals surface area contributed by atoms with Crippen LogP contribution in [0.2, 0.25) is 0 Å². The van der Waals surface area contributed by atoms with Crippen molar-refractivity contribution < 1.29 is 5.11 Å². The lowest BCUT2D eigenvalue weighted by Crippen LogP contribution is -2.01. The number of thioether (sulfide) groups is 1. The Hall–Kier alpha value is -1.26. The van der Waals surface area contributed by atoms with Gasteiger partial charge in [-0.05, 0) is 5.56 Å². The molecule has 0 radical (unpaired) electrons. The van der Waals surface area contributed by atoms with E-state index in [9.17, 15) is 5.11 Å². The van der Waals surface area contributed by atoms with Crippen molar-refractivity contribution in [2.24, 2.45) is 7.05 Å². The number of aliphatic hydroxyl groups is 1. The first kappa shape index (κ1) is 11.2. The molecule has 0 spiro atoms. The van der Waals surface area contributed by atoms with E-state index in [4.69, 9.17) is 0 Å². The van der Waals surface area contributed by atoms with Crippen molar-refractivity contribution in [2.75, 3.05) is 5.75 Å². The SMILES string of the molecule is Cn1ccnc1SCC(O)c1ccccc1. The molecule has 2 aromatic rings. The van der Waals surface area contributed by atoms with Gasteiger partial charge in [-0.15, -0.1) is 0 Å². The number of hydrogen-bond acceptors (Lipinski definition) is 3. The second kappa shape index (κ2) is 5.18. The largest absolute Gasteiger partial charge is 0.388 e. The highest BCUT2D eigenvalue weighted by atomic mass is 32.2. The van der Waals surface area contributed by atoms with Gasteiger partial charge in [0, 0.05) is 25.2 Å². The van der Waals surface area contributed by atoms with Crippen LogP contribution in [0.5, 0.6) is 0 Å². The number of nitrogens with zero attached hydrogens (tertiary/aromatic N) is 2. The molecule has 0 fully saturated rings. The lowest BCUT2D eigenvalue weighted by atomic mass is 10.1. The smallest absolute Gasteiger partial charge is 0.167 e. The molecule has 1 aromatic carbocycles. The number of aliphatic hydroxyl groups excluding tert-OH is 1. The van der Waals surface area contributed by atoms with E-state index in [1.54, 1.807) is 18.0 Å². The monoisotopic (exact) mass is 234 g/mol. The van der Waals surface area contributed by atoms with Crippen molar-refractivity contribution >= 4 is 11.8 Å². The summed E-state index contributed by atoms with van der Waals surface area (Å²) in [6.07, 6.45) is 3.22. The van der Waals surface area contributed by atoms with Gasteiger partial charge in [-0.25, -0.2) is 4.98 Å². The Kier molecular flexibility index (Phi) is 3.64. The number of aromatic nitrogens is 2. The summed E-state index contributed by atoms with van der Waals surface area (Å²) in [6, 6.07) is 9.68. The van der Waals surface area contributed by atoms with Gasteiger partial charge < -0.3 is 9.67 Å². The summed E-state index contributed by atoms with van der Waals surface area (Å²) in [5, 5.41) is 10.9. The molecule has 0 aliphatic rings. The highest BCUT2D eigenvalue weighted by molar-refractivity contribution is 7.99. The Morgan fingerprint density at radius 1 is 1.38 bits per heavy atom. The van der Waals surface area contributed by atoms with Gasteiger partial charge in [0.2, 0.25) is 0 Å². The van der Waals surface area contributed by atoms with Crippen LogP contribution in [0.1, 0.15) is 11.7 Å². The molecule has 1 N–H and O–H groups in total. The van der Waals surface area contributed by atoms with Gasteiger partial charge in [-0.3, -0.25) is 0 Å². The van der Waals surface area contributed by atoms with Gasteiger partial charge in [0.25, 0.3) is 0 Å². The molecule has 1 heterocycles. The van der Waals surface area contributed by atoms with Crippen LogP contribution in [0.3, 0.4) is 0 Å². The topological polar surface area (TPSA) is 38.0 Å². The van der Waals surface area contributed by atoms with E-state index in [1.165, 1.54) is 0 Å². The van der Waals surface area contributed by atoms with Crippen LogP contribution in [0.25, 0.3) is 0 Å². The van der Waals surface area contributed by atoms with Gasteiger partial charge in [0.05, 0.1) is 6.10 Å². The maximum Gasteiger partial charge on any atom is 0.167 e. The first-order chi connectivity index (χ1) is 7.77. The Bertz CT molecular complexity index is 441. The summed E-state index contributed by atoms with van der Waals surface area (Å²) in [6.45, 7) is 0. The van der Waals surface area contributed by atoms with Gasteiger partial charge in [0.1, 0.15) is 0 Å². The van der Waals surface area contributed by atoms with Gasteiger partial charge in [0.15, 0.2) is 5.16 Å². The van der Waals surface area contributed by atoms with Crippen LogP contribution >= 0.6 is 11.8 Å². The van der Waals surface area contributed by atoms with Crippen LogP contribution in [0, 0.1) is 0 Å². The van der Waals surface area contributed by atoms with Crippen molar-refractivity contribution in [3.8, 4) is 0 Å². The van der Waals surface area contributed by atoms with E-state index in [-0.39, 0.29) is 0 Å². The molecule has 16 heavy (non-hydrogen) atoms. The predicted molar refractivity (Wildman–Crippen MR) is 65.3 cm³/mol. The summed E-state index contributed by atoms with van der Waals surface area (Å²) >= 11 is 1.56. The van der Waals surface area contributed by atoms with Crippen LogP contribution in [-0.2, 0) is 7.05 Å². The highest BCUT2D eigenvalue weighted by Gasteiger charge is 2.09. The molecule has 1 atom stereocenters. The van der Waals surface area contributed by atoms with Crippen LogP contribution in [0.4, 0.5) is 0 Å². The summed E-state index contributed by atoms with van der Waals surface area (Å²) in [5.41, 5.74) is 0.948. The molecule has 84 valence electrons. The third kappa shape index (κ3) is 2.65. The summed E-state index contributed by atoms with van der Waals surface area (Å²) in [7, 11) is 1.95. The van der Waals surface area contributed by atoms with E-state index < -0.39 is 6.10 Å². The fourth-order valence-electron chi connectivity index (χ4n) is 1.42. The fraction of sp³-hybridized carbons (Fsp3) is 0.250. The predicted octanol–water partition coefficient (Wildman–Crippen LogP) is 2.25. The zero-order chi connectivity index (χ0) is 11.4. The van der Waals surface area contributed by atoms with E-state index >= 15 is 0 Å². The standard InChI is InChI=1S/C12H14N2OS/c1-14-8-7-13-12(14)16-9-11(15)10-5-3-2-4-6-10/h2-8,11,15H,9H2,1H3. The minimum atomic E-state index is -0.442. The molecule has 0 saturated carbocycles. The Labute approximate surface area is 99.1 Å². The number of aryl methyl sites for hydroxylation is 1. The highest BCUT2D eigenvalue weighted by Crippen LogP contribution is 2.22. The summed E-state index contributed by atoms with van der Waals surface area (Å²) in [4.78, 5) is 4.20. The minimum absolute atomic E-state index is 0.442. The molecule has 0 aliphatic heterocycles. The Morgan fingerprint density at radius 3 is 2.75 bits per heavy atom. The molecule has 4 heteroatoms. The van der Waals surface area contributed by atoms with Crippen LogP contribution in [0.15, 0.2) is 47.9 Å². The zero-order valence-electron chi connectivity index (χ0n) is 9.08. The van der Waals surface area contributed by atoms with Crippen molar-refractivity contribution in [3.63, 3.8) is 0 Å². The van der Waals surface area contributed by atoms with E-state index in [0.717, 1.165) is 10.7 Å². The Balaban J connectivity index is 1.94. The normalized spacial score (nSPS) is 12.6. The molecule has 1 unspecified atom stereocenters. The van der Waals surface area contributed by atoms with Crippen molar-refractivity contribution in [2.45, 2.75) is 11.3 Å². The third-order valence-corrected chi connectivity index (χ3v) is 3.47. The van der Waals surface area contributed by atoms with E-state index in [1.807, 2.05) is 48.1 Å². The third-order valence-electron chi connectivity index (χ3n) is 2.33. The second-order valence-corrected chi connectivity index (χ2v) is 4.55. The van der Waals surface area contributed by atoms with Crippen molar-refractivity contribution in [1.29, 1.82) is 0 Å². The van der Waals surface area contributed by atoms with E-state index in [2.05, 4.69) is 4.98 Å². The van der Waals surface area contributed by atoms with Crippen LogP contribution in [-0.4, -0.2) is 20.4 Å². The molecule has 0 amide bonds. The first-order valence-corrected chi connectivity index (χ1v) is 6.09. The second-order valence-electron chi connectivity index (χ2n) is 3.56. The number of hydrogen-bond donors (Lipinski definition) is 1. The number of benzene rings is 1. The molecule has 0 bridgehead atoms. The van der Waals surface area contributed by atoms with E-state index in [0.29, 0.717) is 5.75 Å². The molecule has 0 aliphatic carbocycles. The van der Waals surface area contributed by atoms with Crippen LogP contribution < -0.4 is 0 Å². The lowest BCUT2D eigenvalue weighted by Gasteiger charge is -2.09. The average Bonchev–Trinajstić information content (AvgIpc) is 2.73. The fourth-order valence-corrected chi connectivity index (χ4v) is 2.32. The van der Waals surface area contributed by atoms with Gasteiger partial charge in [-0.2, -0.15) is 0 Å². The quantitative estimate of drug-likeness (QED) is 0.824. The molecule has 1 aromatic heterocycles. The van der Waals surface area contributed by atoms with Gasteiger partial charge in [-0.1, -0.05) is 42.1 Å². The summed E-state index contributed by atoms with van der Waals surface area (Å²) in [5.74, 6) is 0.620. The maximum atomic E-state index is 9.95. The lowest BCUT2D eigenvalue weighted by molar-refractivity contribution is 0.204. The number of rotatable bonds is 4. The average molecular weight is 234 g/mol. The first-order valence-electron chi connectivity index (χ1n) is 5.10. The molecule has 3 nitrogen and oxygen atoms in total. The maximum absolute atomic E-state index is 9.95. The van der Waals surface area contributed by atoms with Crippen molar-refractivity contribution in [3.05, 3.63) is 48.3 Å². The Morgan fingerprint density at radius 2 is 2.12 bits per heavy atom. The van der Waals surface area contributed by atoms with Gasteiger partial charge >= 0.3 is 0 Å².